The van der Waals surface area contributed by atoms with E-state index >= 15 is 0 Å². The molecular weight excluding hydrogens is 297 g/mol. The van der Waals surface area contributed by atoms with Crippen LogP contribution < -0.4 is 4.90 Å². The fourth-order valence-corrected chi connectivity index (χ4v) is 2.73. The zero-order chi connectivity index (χ0) is 16.1. The number of nitrogens with zero attached hydrogens (tertiary/aromatic N) is 3. The second kappa shape index (κ2) is 7.48. The lowest BCUT2D eigenvalue weighted by molar-refractivity contribution is 0.193. The molecule has 0 spiro atoms. The molecule has 3 rings (SSSR count). The third kappa shape index (κ3) is 4.03. The van der Waals surface area contributed by atoms with E-state index in [4.69, 9.17) is 4.74 Å². The molecular formula is C17H20FN3O2. The molecule has 0 aliphatic carbocycles. The summed E-state index contributed by atoms with van der Waals surface area (Å²) in [6.45, 7) is 2.48. The van der Waals surface area contributed by atoms with Gasteiger partial charge in [-0.25, -0.2) is 14.4 Å². The number of benzene rings is 1. The third-order valence-electron chi connectivity index (χ3n) is 4.00. The van der Waals surface area contributed by atoms with Crippen molar-refractivity contribution in [1.82, 2.24) is 9.97 Å². The Hall–Kier alpha value is -2.05. The van der Waals surface area contributed by atoms with E-state index in [-0.39, 0.29) is 12.4 Å². The Balaban J connectivity index is 1.79. The van der Waals surface area contributed by atoms with Gasteiger partial charge in [-0.15, -0.1) is 0 Å². The summed E-state index contributed by atoms with van der Waals surface area (Å²) < 4.78 is 18.5. The van der Waals surface area contributed by atoms with E-state index in [0.29, 0.717) is 25.6 Å². The van der Waals surface area contributed by atoms with Crippen LogP contribution >= 0.6 is 0 Å². The van der Waals surface area contributed by atoms with Crippen molar-refractivity contribution in [2.75, 3.05) is 31.3 Å². The molecule has 0 radical (unpaired) electrons. The van der Waals surface area contributed by atoms with Gasteiger partial charge in [-0.3, -0.25) is 0 Å². The Morgan fingerprint density at radius 2 is 2.09 bits per heavy atom. The minimum atomic E-state index is -0.256. The lowest BCUT2D eigenvalue weighted by atomic mass is 10.0. The number of halogens is 1. The molecule has 1 atom stereocenters. The Morgan fingerprint density at radius 3 is 2.78 bits per heavy atom. The first-order valence-corrected chi connectivity index (χ1v) is 7.76. The molecule has 0 unspecified atom stereocenters. The first-order valence-electron chi connectivity index (χ1n) is 7.76. The molecule has 0 saturated carbocycles. The van der Waals surface area contributed by atoms with Gasteiger partial charge in [-0.05, 0) is 24.1 Å². The van der Waals surface area contributed by atoms with Gasteiger partial charge in [0.1, 0.15) is 18.0 Å². The average Bonchev–Trinajstić information content (AvgIpc) is 3.11. The van der Waals surface area contributed by atoms with Crippen LogP contribution in [0, 0.1) is 5.82 Å². The summed E-state index contributed by atoms with van der Waals surface area (Å²) in [6, 6.07) is 8.32. The average molecular weight is 317 g/mol. The summed E-state index contributed by atoms with van der Waals surface area (Å²) in [4.78, 5) is 10.7. The molecule has 2 aromatic rings. The summed E-state index contributed by atoms with van der Waals surface area (Å²) in [5.74, 6) is 0.812. The number of aromatic nitrogens is 2. The van der Waals surface area contributed by atoms with Crippen molar-refractivity contribution in [2.24, 2.45) is 0 Å². The van der Waals surface area contributed by atoms with Crippen molar-refractivity contribution in [2.45, 2.75) is 18.9 Å². The van der Waals surface area contributed by atoms with E-state index in [1.54, 1.807) is 18.5 Å². The van der Waals surface area contributed by atoms with Crippen LogP contribution in [0.5, 0.6) is 0 Å². The molecule has 6 heteroatoms. The number of aliphatic hydroxyl groups is 1. The van der Waals surface area contributed by atoms with E-state index in [1.807, 2.05) is 11.0 Å². The monoisotopic (exact) mass is 317 g/mol. The van der Waals surface area contributed by atoms with Gasteiger partial charge < -0.3 is 14.7 Å². The smallest absolute Gasteiger partial charge is 0.132 e. The largest absolute Gasteiger partial charge is 0.395 e. The van der Waals surface area contributed by atoms with E-state index in [9.17, 15) is 9.50 Å². The molecule has 23 heavy (non-hydrogen) atoms. The van der Waals surface area contributed by atoms with Crippen LogP contribution in [0.3, 0.4) is 0 Å². The fraction of sp³-hybridized carbons (Fsp3) is 0.412. The number of rotatable bonds is 6. The van der Waals surface area contributed by atoms with Gasteiger partial charge >= 0.3 is 0 Å². The quantitative estimate of drug-likeness (QED) is 0.884. The highest BCUT2D eigenvalue weighted by Gasteiger charge is 2.20. The zero-order valence-corrected chi connectivity index (χ0v) is 12.9. The molecule has 5 nitrogen and oxygen atoms in total. The lowest BCUT2D eigenvalue weighted by Crippen LogP contribution is -2.27. The number of hydrogen-bond donors (Lipinski definition) is 1. The molecule has 0 amide bonds. The normalized spacial score (nSPS) is 17.4. The van der Waals surface area contributed by atoms with Crippen molar-refractivity contribution in [3.05, 3.63) is 53.7 Å². The van der Waals surface area contributed by atoms with Crippen LogP contribution in [0.15, 0.2) is 36.7 Å². The highest BCUT2D eigenvalue weighted by molar-refractivity contribution is 5.41. The van der Waals surface area contributed by atoms with Crippen LogP contribution in [0.25, 0.3) is 0 Å². The first kappa shape index (κ1) is 15.8. The predicted octanol–water partition coefficient (Wildman–Crippen LogP) is 2.12. The van der Waals surface area contributed by atoms with E-state index in [1.165, 1.54) is 12.1 Å². The summed E-state index contributed by atoms with van der Waals surface area (Å²) in [6.07, 6.45) is 2.52. The summed E-state index contributed by atoms with van der Waals surface area (Å²) in [5.41, 5.74) is 1.93. The fourth-order valence-electron chi connectivity index (χ4n) is 2.73. The molecule has 1 aromatic heterocycles. The topological polar surface area (TPSA) is 58.5 Å². The molecule has 1 saturated heterocycles. The SMILES string of the molecule is OCCN(Cc1ccc(F)cc1)c1cc([C@@H]2CCOC2)ncn1. The molecule has 122 valence electrons. The second-order valence-corrected chi connectivity index (χ2v) is 5.63. The Bertz CT molecular complexity index is 630. The molecule has 1 aliphatic heterocycles. The minimum absolute atomic E-state index is 0.0209. The molecule has 1 N–H and O–H groups in total. The van der Waals surface area contributed by atoms with Gasteiger partial charge in [-0.2, -0.15) is 0 Å². The van der Waals surface area contributed by atoms with Gasteiger partial charge in [0, 0.05) is 31.7 Å². The van der Waals surface area contributed by atoms with Gasteiger partial charge in [0.05, 0.1) is 18.9 Å². The first-order chi connectivity index (χ1) is 11.3. The maximum atomic E-state index is 13.0. The summed E-state index contributed by atoms with van der Waals surface area (Å²) >= 11 is 0. The van der Waals surface area contributed by atoms with Crippen LogP contribution in [0.1, 0.15) is 23.6 Å². The Kier molecular flexibility index (Phi) is 5.15. The number of hydrogen-bond acceptors (Lipinski definition) is 5. The van der Waals surface area contributed by atoms with Gasteiger partial charge in [0.15, 0.2) is 0 Å². The number of ether oxygens (including phenoxy) is 1. The summed E-state index contributed by atoms with van der Waals surface area (Å²) in [7, 11) is 0. The predicted molar refractivity (Wildman–Crippen MR) is 84.7 cm³/mol. The van der Waals surface area contributed by atoms with Crippen LogP contribution in [-0.2, 0) is 11.3 Å². The van der Waals surface area contributed by atoms with Crippen molar-refractivity contribution in [1.29, 1.82) is 0 Å². The highest BCUT2D eigenvalue weighted by atomic mass is 19.1. The van der Waals surface area contributed by atoms with Crippen molar-refractivity contribution >= 4 is 5.82 Å². The minimum Gasteiger partial charge on any atom is -0.395 e. The maximum Gasteiger partial charge on any atom is 0.132 e. The van der Waals surface area contributed by atoms with Gasteiger partial charge in [0.2, 0.25) is 0 Å². The maximum absolute atomic E-state index is 13.0. The Morgan fingerprint density at radius 1 is 1.26 bits per heavy atom. The van der Waals surface area contributed by atoms with Crippen molar-refractivity contribution < 1.29 is 14.2 Å². The highest BCUT2D eigenvalue weighted by Crippen LogP contribution is 2.25. The molecule has 0 bridgehead atoms. The number of aliphatic hydroxyl groups excluding tert-OH is 1. The molecule has 2 heterocycles. The van der Waals surface area contributed by atoms with Crippen LogP contribution in [0.4, 0.5) is 10.2 Å². The lowest BCUT2D eigenvalue weighted by Gasteiger charge is -2.23. The van der Waals surface area contributed by atoms with Crippen LogP contribution in [0.2, 0.25) is 0 Å². The number of anilines is 1. The zero-order valence-electron chi connectivity index (χ0n) is 12.9. The van der Waals surface area contributed by atoms with Crippen molar-refractivity contribution in [3.63, 3.8) is 0 Å². The van der Waals surface area contributed by atoms with Gasteiger partial charge in [-0.1, -0.05) is 12.1 Å². The molecule has 1 aliphatic rings. The second-order valence-electron chi connectivity index (χ2n) is 5.63. The van der Waals surface area contributed by atoms with Crippen molar-refractivity contribution in [3.8, 4) is 0 Å². The standard InChI is InChI=1S/C17H20FN3O2/c18-15-3-1-13(2-4-15)10-21(6-7-22)17-9-16(19-12-20-17)14-5-8-23-11-14/h1-4,9,12,14,22H,5-8,10-11H2/t14-/m1/s1. The Labute approximate surface area is 134 Å². The van der Waals surface area contributed by atoms with Crippen LogP contribution in [-0.4, -0.2) is 41.4 Å². The molecule has 1 aromatic carbocycles. The van der Waals surface area contributed by atoms with Gasteiger partial charge in [0.25, 0.3) is 0 Å². The van der Waals surface area contributed by atoms with E-state index in [0.717, 1.165) is 30.1 Å². The third-order valence-corrected chi connectivity index (χ3v) is 4.00. The molecule has 1 fully saturated rings. The summed E-state index contributed by atoms with van der Waals surface area (Å²) in [5, 5.41) is 9.34. The van der Waals surface area contributed by atoms with E-state index in [2.05, 4.69) is 9.97 Å². The van der Waals surface area contributed by atoms with E-state index < -0.39 is 0 Å².